The fourth-order valence-corrected chi connectivity index (χ4v) is 2.41. The first kappa shape index (κ1) is 13.0. The van der Waals surface area contributed by atoms with E-state index < -0.39 is 5.82 Å². The maximum atomic E-state index is 13.2. The Morgan fingerprint density at radius 1 is 1.25 bits per heavy atom. The summed E-state index contributed by atoms with van der Waals surface area (Å²) in [6.45, 7) is 0. The van der Waals surface area contributed by atoms with E-state index >= 15 is 0 Å². The molecule has 0 unspecified atom stereocenters. The topological polar surface area (TPSA) is 43.1 Å². The van der Waals surface area contributed by atoms with Crippen LogP contribution < -0.4 is 0 Å². The third-order valence-electron chi connectivity index (χ3n) is 2.88. The molecule has 0 amide bonds. The van der Waals surface area contributed by atoms with Gasteiger partial charge in [-0.15, -0.1) is 0 Å². The van der Waals surface area contributed by atoms with Crippen molar-refractivity contribution in [3.8, 4) is 0 Å². The number of nitrogens with zero attached hydrogens (tertiary/aromatic N) is 1. The molecule has 1 aromatic heterocycles. The van der Waals surface area contributed by atoms with Gasteiger partial charge in [0.25, 0.3) is 0 Å². The van der Waals surface area contributed by atoms with Gasteiger partial charge in [0, 0.05) is 10.0 Å². The molecule has 0 aliphatic carbocycles. The van der Waals surface area contributed by atoms with Crippen LogP contribution in [-0.2, 0) is 6.42 Å². The number of carbonyl (C=O) groups excluding carboxylic acids is 1. The van der Waals surface area contributed by atoms with Gasteiger partial charge in [-0.2, -0.15) is 0 Å². The molecular formula is C15H9BrFNO2. The molecule has 0 spiro atoms. The smallest absolute Gasteiger partial charge is 0.203 e. The Bertz CT molecular complexity index is 764. The SMILES string of the molecule is O=C(Cc1nc2ccccc2o1)c1cc(F)ccc1Br. The summed E-state index contributed by atoms with van der Waals surface area (Å²) in [6, 6.07) is 11.3. The Kier molecular flexibility index (Phi) is 3.36. The van der Waals surface area contributed by atoms with Crippen LogP contribution in [0.15, 0.2) is 51.4 Å². The van der Waals surface area contributed by atoms with E-state index in [-0.39, 0.29) is 17.8 Å². The molecule has 0 bridgehead atoms. The van der Waals surface area contributed by atoms with Gasteiger partial charge in [0.2, 0.25) is 5.89 Å². The number of ketones is 1. The highest BCUT2D eigenvalue weighted by molar-refractivity contribution is 9.10. The minimum absolute atomic E-state index is 0.00324. The van der Waals surface area contributed by atoms with E-state index in [1.54, 1.807) is 6.07 Å². The van der Waals surface area contributed by atoms with Crippen molar-refractivity contribution in [2.24, 2.45) is 0 Å². The zero-order valence-corrected chi connectivity index (χ0v) is 11.9. The van der Waals surface area contributed by atoms with E-state index in [4.69, 9.17) is 4.42 Å². The predicted octanol–water partition coefficient (Wildman–Crippen LogP) is 4.15. The van der Waals surface area contributed by atoms with Gasteiger partial charge in [-0.3, -0.25) is 4.79 Å². The molecule has 0 aliphatic rings. The van der Waals surface area contributed by atoms with Gasteiger partial charge in [-0.05, 0) is 30.3 Å². The van der Waals surface area contributed by atoms with Crippen molar-refractivity contribution in [1.82, 2.24) is 4.98 Å². The highest BCUT2D eigenvalue weighted by Crippen LogP contribution is 2.21. The van der Waals surface area contributed by atoms with Gasteiger partial charge in [0.15, 0.2) is 11.4 Å². The summed E-state index contributed by atoms with van der Waals surface area (Å²) in [6.07, 6.45) is -0.00324. The number of para-hydroxylation sites is 2. The first-order valence-electron chi connectivity index (χ1n) is 5.96. The highest BCUT2D eigenvalue weighted by atomic mass is 79.9. The molecule has 0 saturated carbocycles. The van der Waals surface area contributed by atoms with Crippen LogP contribution in [0.1, 0.15) is 16.2 Å². The number of oxazole rings is 1. The van der Waals surface area contributed by atoms with Crippen LogP contribution in [0.4, 0.5) is 4.39 Å². The number of aromatic nitrogens is 1. The Morgan fingerprint density at radius 2 is 2.05 bits per heavy atom. The molecule has 0 aliphatic heterocycles. The van der Waals surface area contributed by atoms with Crippen LogP contribution in [-0.4, -0.2) is 10.8 Å². The monoisotopic (exact) mass is 333 g/mol. The summed E-state index contributed by atoms with van der Waals surface area (Å²) < 4.78 is 19.2. The number of hydrogen-bond donors (Lipinski definition) is 0. The van der Waals surface area contributed by atoms with E-state index in [1.807, 2.05) is 18.2 Å². The quantitative estimate of drug-likeness (QED) is 0.676. The van der Waals surface area contributed by atoms with E-state index in [9.17, 15) is 9.18 Å². The molecule has 3 aromatic rings. The van der Waals surface area contributed by atoms with Crippen molar-refractivity contribution in [2.75, 3.05) is 0 Å². The molecule has 2 aromatic carbocycles. The first-order chi connectivity index (χ1) is 9.63. The molecule has 0 radical (unpaired) electrons. The molecular weight excluding hydrogens is 325 g/mol. The lowest BCUT2D eigenvalue weighted by Gasteiger charge is -2.01. The third-order valence-corrected chi connectivity index (χ3v) is 3.57. The van der Waals surface area contributed by atoms with Crippen LogP contribution in [0, 0.1) is 5.82 Å². The van der Waals surface area contributed by atoms with Gasteiger partial charge in [0.1, 0.15) is 11.3 Å². The largest absolute Gasteiger partial charge is 0.440 e. The fourth-order valence-electron chi connectivity index (χ4n) is 1.94. The minimum Gasteiger partial charge on any atom is -0.440 e. The first-order valence-corrected chi connectivity index (χ1v) is 6.75. The summed E-state index contributed by atoms with van der Waals surface area (Å²) in [5.41, 5.74) is 1.62. The molecule has 1 heterocycles. The number of carbonyl (C=O) groups is 1. The lowest BCUT2D eigenvalue weighted by Crippen LogP contribution is -2.05. The number of fused-ring (bicyclic) bond motifs is 1. The standard InChI is InChI=1S/C15H9BrFNO2/c16-11-6-5-9(17)7-10(11)13(19)8-15-18-12-3-1-2-4-14(12)20-15/h1-7H,8H2. The molecule has 0 atom stereocenters. The lowest BCUT2D eigenvalue weighted by atomic mass is 10.1. The fraction of sp³-hybridized carbons (Fsp3) is 0.0667. The molecule has 20 heavy (non-hydrogen) atoms. The third kappa shape index (κ3) is 2.49. The average Bonchev–Trinajstić information content (AvgIpc) is 2.83. The second-order valence-corrected chi connectivity index (χ2v) is 5.15. The summed E-state index contributed by atoms with van der Waals surface area (Å²) >= 11 is 3.24. The van der Waals surface area contributed by atoms with Crippen LogP contribution in [0.3, 0.4) is 0 Å². The Balaban J connectivity index is 1.90. The number of hydrogen-bond acceptors (Lipinski definition) is 3. The summed E-state index contributed by atoms with van der Waals surface area (Å²) in [4.78, 5) is 16.4. The van der Waals surface area contributed by atoms with Crippen molar-refractivity contribution in [3.63, 3.8) is 0 Å². The predicted molar refractivity (Wildman–Crippen MR) is 76.1 cm³/mol. The number of benzene rings is 2. The van der Waals surface area contributed by atoms with Crippen molar-refractivity contribution in [1.29, 1.82) is 0 Å². The number of rotatable bonds is 3. The van der Waals surface area contributed by atoms with Gasteiger partial charge in [0.05, 0.1) is 6.42 Å². The number of Topliss-reactive ketones (excluding diaryl/α,β-unsaturated/α-hetero) is 1. The van der Waals surface area contributed by atoms with Crippen LogP contribution in [0.5, 0.6) is 0 Å². The van der Waals surface area contributed by atoms with Crippen LogP contribution in [0.25, 0.3) is 11.1 Å². The van der Waals surface area contributed by atoms with Gasteiger partial charge in [-0.25, -0.2) is 9.37 Å². The molecule has 0 fully saturated rings. The summed E-state index contributed by atoms with van der Waals surface area (Å²) in [5, 5.41) is 0. The van der Waals surface area contributed by atoms with Gasteiger partial charge in [-0.1, -0.05) is 28.1 Å². The lowest BCUT2D eigenvalue weighted by molar-refractivity contribution is 0.0985. The highest BCUT2D eigenvalue weighted by Gasteiger charge is 2.15. The van der Waals surface area contributed by atoms with Crippen molar-refractivity contribution in [3.05, 3.63) is 64.2 Å². The van der Waals surface area contributed by atoms with E-state index in [0.717, 1.165) is 0 Å². The zero-order valence-electron chi connectivity index (χ0n) is 10.3. The second kappa shape index (κ2) is 5.17. The maximum absolute atomic E-state index is 13.2. The van der Waals surface area contributed by atoms with E-state index in [2.05, 4.69) is 20.9 Å². The molecule has 3 rings (SSSR count). The van der Waals surface area contributed by atoms with Crippen molar-refractivity contribution in [2.45, 2.75) is 6.42 Å². The van der Waals surface area contributed by atoms with Gasteiger partial charge >= 0.3 is 0 Å². The zero-order chi connectivity index (χ0) is 14.1. The van der Waals surface area contributed by atoms with Crippen LogP contribution >= 0.6 is 15.9 Å². The summed E-state index contributed by atoms with van der Waals surface area (Å²) in [5.74, 6) is -0.371. The average molecular weight is 334 g/mol. The van der Waals surface area contributed by atoms with Crippen LogP contribution in [0.2, 0.25) is 0 Å². The van der Waals surface area contributed by atoms with Crippen molar-refractivity contribution < 1.29 is 13.6 Å². The summed E-state index contributed by atoms with van der Waals surface area (Å²) in [7, 11) is 0. The Hall–Kier alpha value is -2.01. The Labute approximate surface area is 122 Å². The maximum Gasteiger partial charge on any atom is 0.203 e. The Morgan fingerprint density at radius 3 is 2.85 bits per heavy atom. The normalized spacial score (nSPS) is 10.9. The number of halogens is 2. The van der Waals surface area contributed by atoms with E-state index in [1.165, 1.54) is 18.2 Å². The van der Waals surface area contributed by atoms with Gasteiger partial charge < -0.3 is 4.42 Å². The second-order valence-electron chi connectivity index (χ2n) is 4.30. The molecule has 3 nitrogen and oxygen atoms in total. The van der Waals surface area contributed by atoms with Crippen molar-refractivity contribution >= 4 is 32.8 Å². The molecule has 0 N–H and O–H groups in total. The molecule has 0 saturated heterocycles. The molecule has 100 valence electrons. The minimum atomic E-state index is -0.450. The van der Waals surface area contributed by atoms with E-state index in [0.29, 0.717) is 21.5 Å². The molecule has 5 heteroatoms.